The van der Waals surface area contributed by atoms with Gasteiger partial charge in [0.05, 0.1) is 18.3 Å². The van der Waals surface area contributed by atoms with E-state index in [-0.39, 0.29) is 5.56 Å². The second-order valence-corrected chi connectivity index (χ2v) is 3.23. The summed E-state index contributed by atoms with van der Waals surface area (Å²) in [5, 5.41) is 0.561. The van der Waals surface area contributed by atoms with E-state index >= 15 is 0 Å². The number of nitrogens with zero attached hydrogens (tertiary/aromatic N) is 1. The first-order valence-corrected chi connectivity index (χ1v) is 4.92. The molecule has 0 radical (unpaired) electrons. The quantitative estimate of drug-likeness (QED) is 0.828. The summed E-state index contributed by atoms with van der Waals surface area (Å²) >= 11 is 0. The van der Waals surface area contributed by atoms with E-state index < -0.39 is 0 Å². The van der Waals surface area contributed by atoms with E-state index in [2.05, 4.69) is 9.97 Å². The van der Waals surface area contributed by atoms with Crippen LogP contribution in [-0.4, -0.2) is 16.6 Å². The molecule has 0 aliphatic heterocycles. The summed E-state index contributed by atoms with van der Waals surface area (Å²) in [6.07, 6.45) is 2.32. The number of aromatic nitrogens is 2. The largest absolute Gasteiger partial charge is 0.491 e. The first-order chi connectivity index (χ1) is 7.33. The fourth-order valence-corrected chi connectivity index (χ4v) is 1.40. The fourth-order valence-electron chi connectivity index (χ4n) is 1.40. The summed E-state index contributed by atoms with van der Waals surface area (Å²) in [7, 11) is 0. The second-order valence-electron chi connectivity index (χ2n) is 3.23. The van der Waals surface area contributed by atoms with Gasteiger partial charge in [-0.3, -0.25) is 4.79 Å². The van der Waals surface area contributed by atoms with Gasteiger partial charge in [0.25, 0.3) is 5.56 Å². The van der Waals surface area contributed by atoms with E-state index in [0.717, 1.165) is 6.42 Å². The number of hydrogen-bond acceptors (Lipinski definition) is 3. The molecule has 0 spiro atoms. The number of nitrogens with one attached hydrogen (secondary N) is 1. The molecule has 15 heavy (non-hydrogen) atoms. The van der Waals surface area contributed by atoms with Gasteiger partial charge in [0.1, 0.15) is 11.3 Å². The molecule has 2 rings (SSSR count). The molecule has 0 atom stereocenters. The maximum absolute atomic E-state index is 11.5. The maximum Gasteiger partial charge on any atom is 0.258 e. The van der Waals surface area contributed by atoms with Gasteiger partial charge in [-0.2, -0.15) is 0 Å². The first-order valence-electron chi connectivity index (χ1n) is 4.92. The van der Waals surface area contributed by atoms with E-state index in [0.29, 0.717) is 23.3 Å². The van der Waals surface area contributed by atoms with Gasteiger partial charge >= 0.3 is 0 Å². The van der Waals surface area contributed by atoms with Crippen LogP contribution in [0.4, 0.5) is 0 Å². The highest BCUT2D eigenvalue weighted by atomic mass is 16.5. The Morgan fingerprint density at radius 2 is 2.33 bits per heavy atom. The highest BCUT2D eigenvalue weighted by molar-refractivity contribution is 5.83. The number of ether oxygens (including phenoxy) is 1. The Morgan fingerprint density at radius 1 is 1.47 bits per heavy atom. The number of rotatable bonds is 3. The van der Waals surface area contributed by atoms with Gasteiger partial charge in [-0.1, -0.05) is 13.0 Å². The highest BCUT2D eigenvalue weighted by Crippen LogP contribution is 2.20. The molecule has 0 bridgehead atoms. The molecule has 0 amide bonds. The van der Waals surface area contributed by atoms with Crippen molar-refractivity contribution in [2.45, 2.75) is 13.3 Å². The zero-order valence-electron chi connectivity index (χ0n) is 8.49. The van der Waals surface area contributed by atoms with Crippen molar-refractivity contribution in [3.63, 3.8) is 0 Å². The van der Waals surface area contributed by atoms with E-state index in [9.17, 15) is 4.79 Å². The zero-order valence-corrected chi connectivity index (χ0v) is 8.49. The number of para-hydroxylation sites is 1. The summed E-state index contributed by atoms with van der Waals surface area (Å²) in [6, 6.07) is 5.36. The molecular weight excluding hydrogens is 192 g/mol. The van der Waals surface area contributed by atoms with Crippen LogP contribution in [0.5, 0.6) is 5.75 Å². The summed E-state index contributed by atoms with van der Waals surface area (Å²) in [6.45, 7) is 2.67. The molecule has 0 saturated heterocycles. The second kappa shape index (κ2) is 4.13. The van der Waals surface area contributed by atoms with Crippen molar-refractivity contribution in [3.05, 3.63) is 34.9 Å². The lowest BCUT2D eigenvalue weighted by molar-refractivity contribution is 0.320. The SMILES string of the molecule is CCCOc1cccc2c(=O)[nH]cnc12. The average Bonchev–Trinajstić information content (AvgIpc) is 2.27. The lowest BCUT2D eigenvalue weighted by atomic mass is 10.2. The number of aromatic amines is 1. The molecule has 1 heterocycles. The zero-order chi connectivity index (χ0) is 10.7. The van der Waals surface area contributed by atoms with E-state index in [1.807, 2.05) is 13.0 Å². The predicted molar refractivity (Wildman–Crippen MR) is 58.1 cm³/mol. The molecule has 2 aromatic rings. The molecule has 0 unspecified atom stereocenters. The van der Waals surface area contributed by atoms with Crippen molar-refractivity contribution in [2.75, 3.05) is 6.61 Å². The van der Waals surface area contributed by atoms with Crippen LogP contribution in [-0.2, 0) is 0 Å². The minimum atomic E-state index is -0.137. The summed E-state index contributed by atoms with van der Waals surface area (Å²) in [5.74, 6) is 0.667. The summed E-state index contributed by atoms with van der Waals surface area (Å²) < 4.78 is 5.51. The topological polar surface area (TPSA) is 55.0 Å². The van der Waals surface area contributed by atoms with Crippen molar-refractivity contribution in [1.82, 2.24) is 9.97 Å². The van der Waals surface area contributed by atoms with Crippen molar-refractivity contribution in [2.24, 2.45) is 0 Å². The molecule has 0 fully saturated rings. The Kier molecular flexibility index (Phi) is 2.67. The predicted octanol–water partition coefficient (Wildman–Crippen LogP) is 1.71. The molecule has 1 N–H and O–H groups in total. The molecule has 4 nitrogen and oxygen atoms in total. The van der Waals surface area contributed by atoms with Crippen LogP contribution < -0.4 is 10.3 Å². The highest BCUT2D eigenvalue weighted by Gasteiger charge is 2.04. The van der Waals surface area contributed by atoms with Gasteiger partial charge in [-0.05, 0) is 18.6 Å². The Morgan fingerprint density at radius 3 is 3.13 bits per heavy atom. The van der Waals surface area contributed by atoms with Gasteiger partial charge in [-0.25, -0.2) is 4.98 Å². The molecule has 1 aromatic carbocycles. The minimum absolute atomic E-state index is 0.137. The average molecular weight is 204 g/mol. The van der Waals surface area contributed by atoms with Crippen molar-refractivity contribution in [1.29, 1.82) is 0 Å². The van der Waals surface area contributed by atoms with Gasteiger partial charge in [0.2, 0.25) is 0 Å². The van der Waals surface area contributed by atoms with Crippen molar-refractivity contribution < 1.29 is 4.74 Å². The number of H-pyrrole nitrogens is 1. The number of fused-ring (bicyclic) bond motifs is 1. The Bertz CT molecular complexity index is 519. The maximum atomic E-state index is 11.5. The number of hydrogen-bond donors (Lipinski definition) is 1. The van der Waals surface area contributed by atoms with Gasteiger partial charge in [-0.15, -0.1) is 0 Å². The first kappa shape index (κ1) is 9.71. The smallest absolute Gasteiger partial charge is 0.258 e. The normalized spacial score (nSPS) is 10.5. The minimum Gasteiger partial charge on any atom is -0.491 e. The van der Waals surface area contributed by atoms with Crippen LogP contribution in [0.1, 0.15) is 13.3 Å². The molecule has 0 aliphatic rings. The Labute approximate surface area is 86.9 Å². The van der Waals surface area contributed by atoms with E-state index in [1.165, 1.54) is 6.33 Å². The lowest BCUT2D eigenvalue weighted by Crippen LogP contribution is -2.07. The number of benzene rings is 1. The van der Waals surface area contributed by atoms with E-state index in [1.54, 1.807) is 12.1 Å². The van der Waals surface area contributed by atoms with Crippen LogP contribution in [0.2, 0.25) is 0 Å². The Balaban J connectivity index is 2.56. The molecule has 4 heteroatoms. The van der Waals surface area contributed by atoms with Crippen LogP contribution in [0, 0.1) is 0 Å². The van der Waals surface area contributed by atoms with E-state index in [4.69, 9.17) is 4.74 Å². The van der Waals surface area contributed by atoms with Gasteiger partial charge < -0.3 is 9.72 Å². The molecule has 0 aliphatic carbocycles. The lowest BCUT2D eigenvalue weighted by Gasteiger charge is -2.06. The van der Waals surface area contributed by atoms with Crippen LogP contribution in [0.25, 0.3) is 10.9 Å². The third-order valence-corrected chi connectivity index (χ3v) is 2.09. The third kappa shape index (κ3) is 1.83. The third-order valence-electron chi connectivity index (χ3n) is 2.09. The molecular formula is C11H12N2O2. The molecule has 78 valence electrons. The standard InChI is InChI=1S/C11H12N2O2/c1-2-6-15-9-5-3-4-8-10(9)12-7-13-11(8)14/h3-5,7H,2,6H2,1H3,(H,12,13,14). The molecule has 0 saturated carbocycles. The molecule has 1 aromatic heterocycles. The van der Waals surface area contributed by atoms with Crippen molar-refractivity contribution in [3.8, 4) is 5.75 Å². The van der Waals surface area contributed by atoms with Crippen molar-refractivity contribution >= 4 is 10.9 Å². The monoisotopic (exact) mass is 204 g/mol. The van der Waals surface area contributed by atoms with Crippen LogP contribution in [0.3, 0.4) is 0 Å². The summed E-state index contributed by atoms with van der Waals surface area (Å²) in [4.78, 5) is 18.1. The van der Waals surface area contributed by atoms with Crippen LogP contribution >= 0.6 is 0 Å². The van der Waals surface area contributed by atoms with Gasteiger partial charge in [0, 0.05) is 0 Å². The van der Waals surface area contributed by atoms with Gasteiger partial charge in [0.15, 0.2) is 0 Å². The van der Waals surface area contributed by atoms with Crippen LogP contribution in [0.15, 0.2) is 29.3 Å². The Hall–Kier alpha value is -1.84. The summed E-state index contributed by atoms with van der Waals surface area (Å²) in [5.41, 5.74) is 0.483. The fraction of sp³-hybridized carbons (Fsp3) is 0.273.